The van der Waals surface area contributed by atoms with Gasteiger partial charge >= 0.3 is 0 Å². The Balaban J connectivity index is 1.54. The van der Waals surface area contributed by atoms with Crippen LogP contribution in [0.2, 0.25) is 0 Å². The van der Waals surface area contributed by atoms with Crippen LogP contribution in [0.25, 0.3) is 17.2 Å². The number of hydrogen-bond donors (Lipinski definition) is 1. The van der Waals surface area contributed by atoms with E-state index in [0.717, 1.165) is 0 Å². The zero-order valence-electron chi connectivity index (χ0n) is 17.5. The molecule has 8 nitrogen and oxygen atoms in total. The van der Waals surface area contributed by atoms with Crippen LogP contribution < -0.4 is 10.1 Å². The average Bonchev–Trinajstić information content (AvgIpc) is 3.20. The molecule has 3 aromatic heterocycles. The second-order valence-corrected chi connectivity index (χ2v) is 8.01. The van der Waals surface area contributed by atoms with Gasteiger partial charge in [-0.3, -0.25) is 9.20 Å². The molecular weight excluding hydrogens is 418 g/mol. The van der Waals surface area contributed by atoms with Gasteiger partial charge in [0.05, 0.1) is 16.7 Å². The summed E-state index contributed by atoms with van der Waals surface area (Å²) in [5, 5.41) is 11.2. The SMILES string of the molecule is Cc1nc2c(OCc3c(F)cccc3F)cccn2c1-c1nnc2c(n1)NC(=O)C2(C)C. The zero-order chi connectivity index (χ0) is 22.6. The van der Waals surface area contributed by atoms with Gasteiger partial charge in [-0.25, -0.2) is 18.7 Å². The molecule has 32 heavy (non-hydrogen) atoms. The largest absolute Gasteiger partial charge is 0.485 e. The van der Waals surface area contributed by atoms with E-state index < -0.39 is 17.0 Å². The van der Waals surface area contributed by atoms with Crippen LogP contribution in [-0.2, 0) is 16.8 Å². The Hall–Kier alpha value is -3.95. The predicted octanol–water partition coefficient (Wildman–Crippen LogP) is 3.58. The predicted molar refractivity (Wildman–Crippen MR) is 111 cm³/mol. The monoisotopic (exact) mass is 436 g/mol. The molecular formula is C22H18F2N6O2. The third kappa shape index (κ3) is 2.98. The van der Waals surface area contributed by atoms with Gasteiger partial charge in [0.1, 0.15) is 29.6 Å². The Morgan fingerprint density at radius 1 is 1.09 bits per heavy atom. The highest BCUT2D eigenvalue weighted by Gasteiger charge is 2.42. The lowest BCUT2D eigenvalue weighted by atomic mass is 9.91. The van der Waals surface area contributed by atoms with Gasteiger partial charge in [0.25, 0.3) is 0 Å². The van der Waals surface area contributed by atoms with Crippen molar-refractivity contribution in [1.82, 2.24) is 24.6 Å². The van der Waals surface area contributed by atoms with Crippen molar-refractivity contribution in [3.05, 3.63) is 65.1 Å². The van der Waals surface area contributed by atoms with Crippen LogP contribution in [0, 0.1) is 18.6 Å². The van der Waals surface area contributed by atoms with Crippen molar-refractivity contribution in [3.8, 4) is 17.3 Å². The third-order valence-electron chi connectivity index (χ3n) is 5.51. The molecule has 10 heteroatoms. The highest BCUT2D eigenvalue weighted by Crippen LogP contribution is 2.35. The van der Waals surface area contributed by atoms with E-state index in [1.807, 2.05) is 0 Å². The first-order valence-corrected chi connectivity index (χ1v) is 9.87. The molecule has 162 valence electrons. The van der Waals surface area contributed by atoms with E-state index in [1.54, 1.807) is 43.5 Å². The summed E-state index contributed by atoms with van der Waals surface area (Å²) in [7, 11) is 0. The number of rotatable bonds is 4. The van der Waals surface area contributed by atoms with E-state index in [9.17, 15) is 13.6 Å². The van der Waals surface area contributed by atoms with Crippen LogP contribution in [0.4, 0.5) is 14.6 Å². The van der Waals surface area contributed by atoms with Crippen molar-refractivity contribution < 1.29 is 18.3 Å². The lowest BCUT2D eigenvalue weighted by Crippen LogP contribution is -2.27. The van der Waals surface area contributed by atoms with Gasteiger partial charge in [0, 0.05) is 6.20 Å². The van der Waals surface area contributed by atoms with Crippen molar-refractivity contribution in [2.24, 2.45) is 0 Å². The molecule has 1 aromatic carbocycles. The maximum Gasteiger partial charge on any atom is 0.237 e. The molecule has 1 aliphatic rings. The molecule has 1 aliphatic heterocycles. The molecule has 1 N–H and O–H groups in total. The molecule has 0 saturated carbocycles. The number of amides is 1. The van der Waals surface area contributed by atoms with Crippen molar-refractivity contribution >= 4 is 17.4 Å². The minimum atomic E-state index is -0.814. The molecule has 0 unspecified atom stereocenters. The smallest absolute Gasteiger partial charge is 0.237 e. The molecule has 0 saturated heterocycles. The summed E-state index contributed by atoms with van der Waals surface area (Å²) in [6.45, 7) is 5.00. The van der Waals surface area contributed by atoms with Crippen molar-refractivity contribution in [1.29, 1.82) is 0 Å². The summed E-state index contributed by atoms with van der Waals surface area (Å²) in [6.07, 6.45) is 1.75. The van der Waals surface area contributed by atoms with Crippen LogP contribution in [0.5, 0.6) is 5.75 Å². The number of aromatic nitrogens is 5. The van der Waals surface area contributed by atoms with Crippen LogP contribution in [-0.4, -0.2) is 30.5 Å². The highest BCUT2D eigenvalue weighted by atomic mass is 19.1. The number of fused-ring (bicyclic) bond motifs is 2. The topological polar surface area (TPSA) is 94.3 Å². The van der Waals surface area contributed by atoms with E-state index in [0.29, 0.717) is 34.3 Å². The molecule has 4 heterocycles. The molecule has 1 amide bonds. The third-order valence-corrected chi connectivity index (χ3v) is 5.51. The second kappa shape index (κ2) is 7.04. The second-order valence-electron chi connectivity index (χ2n) is 8.01. The Kier molecular flexibility index (Phi) is 4.40. The Morgan fingerprint density at radius 2 is 1.84 bits per heavy atom. The number of halogens is 2. The van der Waals surface area contributed by atoms with Crippen LogP contribution in [0.3, 0.4) is 0 Å². The Labute approximate surface area is 181 Å². The van der Waals surface area contributed by atoms with E-state index in [-0.39, 0.29) is 23.9 Å². The Bertz CT molecular complexity index is 1380. The zero-order valence-corrected chi connectivity index (χ0v) is 17.5. The molecule has 0 spiro atoms. The summed E-state index contributed by atoms with van der Waals surface area (Å²) in [4.78, 5) is 21.2. The molecule has 4 aromatic rings. The van der Waals surface area contributed by atoms with E-state index >= 15 is 0 Å². The van der Waals surface area contributed by atoms with E-state index in [1.165, 1.54) is 18.2 Å². The number of benzene rings is 1. The van der Waals surface area contributed by atoms with Gasteiger partial charge in [-0.1, -0.05) is 6.07 Å². The van der Waals surface area contributed by atoms with Gasteiger partial charge in [0.2, 0.25) is 11.7 Å². The van der Waals surface area contributed by atoms with Crippen LogP contribution in [0.15, 0.2) is 36.5 Å². The summed E-state index contributed by atoms with van der Waals surface area (Å²) in [5.41, 5.74) is 1.10. The van der Waals surface area contributed by atoms with Gasteiger partial charge in [-0.05, 0) is 45.0 Å². The summed E-state index contributed by atoms with van der Waals surface area (Å²) in [5.74, 6) is -0.573. The van der Waals surface area contributed by atoms with Gasteiger partial charge < -0.3 is 10.1 Å². The molecule has 0 radical (unpaired) electrons. The number of hydrogen-bond acceptors (Lipinski definition) is 6. The normalized spacial score (nSPS) is 14.5. The highest BCUT2D eigenvalue weighted by molar-refractivity contribution is 6.04. The number of pyridine rings is 1. The number of carbonyl (C=O) groups is 1. The minimum absolute atomic E-state index is 0.164. The maximum atomic E-state index is 14.0. The van der Waals surface area contributed by atoms with Gasteiger partial charge in [0.15, 0.2) is 17.2 Å². The van der Waals surface area contributed by atoms with Crippen molar-refractivity contribution in [2.45, 2.75) is 32.8 Å². The minimum Gasteiger partial charge on any atom is -0.485 e. The number of aryl methyl sites for hydroxylation is 1. The lowest BCUT2D eigenvalue weighted by Gasteiger charge is -2.12. The first-order valence-electron chi connectivity index (χ1n) is 9.87. The van der Waals surface area contributed by atoms with E-state index in [2.05, 4.69) is 25.5 Å². The maximum absolute atomic E-state index is 14.0. The number of nitrogens with one attached hydrogen (secondary N) is 1. The number of imidazole rings is 1. The number of carbonyl (C=O) groups excluding carboxylic acids is 1. The van der Waals surface area contributed by atoms with Crippen LogP contribution in [0.1, 0.15) is 30.8 Å². The lowest BCUT2D eigenvalue weighted by molar-refractivity contribution is -0.119. The first-order chi connectivity index (χ1) is 15.3. The molecule has 0 atom stereocenters. The molecule has 5 rings (SSSR count). The fourth-order valence-electron chi connectivity index (χ4n) is 3.66. The number of nitrogens with zero attached hydrogens (tertiary/aromatic N) is 5. The van der Waals surface area contributed by atoms with Crippen LogP contribution >= 0.6 is 0 Å². The van der Waals surface area contributed by atoms with Gasteiger partial charge in [-0.15, -0.1) is 10.2 Å². The van der Waals surface area contributed by atoms with Gasteiger partial charge in [-0.2, -0.15) is 0 Å². The number of anilines is 1. The summed E-state index contributed by atoms with van der Waals surface area (Å²) in [6, 6.07) is 7.04. The summed E-state index contributed by atoms with van der Waals surface area (Å²) >= 11 is 0. The molecule has 0 bridgehead atoms. The van der Waals surface area contributed by atoms with Crippen molar-refractivity contribution in [3.63, 3.8) is 0 Å². The Morgan fingerprint density at radius 3 is 2.59 bits per heavy atom. The molecule has 0 aliphatic carbocycles. The number of ether oxygens (including phenoxy) is 1. The quantitative estimate of drug-likeness (QED) is 0.526. The molecule has 0 fully saturated rings. The fourth-order valence-corrected chi connectivity index (χ4v) is 3.66. The fraction of sp³-hybridized carbons (Fsp3) is 0.227. The first kappa shape index (κ1) is 20.0. The van der Waals surface area contributed by atoms with Crippen molar-refractivity contribution in [2.75, 3.05) is 5.32 Å². The standard InChI is InChI=1S/C22H18F2N6O2/c1-11-16(18-26-19-17(28-29-18)22(2,3)21(31)27-19)30-9-5-8-15(20(30)25-11)32-10-12-13(23)6-4-7-14(12)24/h4-9H,10H2,1-3H3,(H,26,27,29,31). The summed E-state index contributed by atoms with van der Waals surface area (Å²) < 4.78 is 35.3. The van der Waals surface area contributed by atoms with E-state index in [4.69, 9.17) is 4.74 Å². The average molecular weight is 436 g/mol.